The minimum atomic E-state index is -0.0783. The third-order valence-corrected chi connectivity index (χ3v) is 5.04. The first-order chi connectivity index (χ1) is 12.1. The average molecular weight is 423 g/mol. The highest BCUT2D eigenvalue weighted by Crippen LogP contribution is 2.16. The lowest BCUT2D eigenvalue weighted by Gasteiger charge is -2.12. The molecule has 5 nitrogen and oxygen atoms in total. The molecule has 1 heterocycles. The van der Waals surface area contributed by atoms with Crippen molar-refractivity contribution in [1.29, 1.82) is 0 Å². The lowest BCUT2D eigenvalue weighted by atomic mass is 10.2. The van der Waals surface area contributed by atoms with Gasteiger partial charge in [-0.2, -0.15) is 0 Å². The topological polar surface area (TPSA) is 65.5 Å². The van der Waals surface area contributed by atoms with Gasteiger partial charge in [0.2, 0.25) is 0 Å². The molecule has 0 aliphatic heterocycles. The fourth-order valence-corrected chi connectivity index (χ4v) is 3.21. The van der Waals surface area contributed by atoms with Crippen molar-refractivity contribution in [2.45, 2.75) is 20.4 Å². The first kappa shape index (κ1) is 19.5. The van der Waals surface area contributed by atoms with Gasteiger partial charge in [0.05, 0.1) is 6.54 Å². The number of aliphatic imine (C=N–C) groups is 1. The van der Waals surface area contributed by atoms with E-state index in [1.807, 2.05) is 19.1 Å². The number of benzene rings is 1. The van der Waals surface area contributed by atoms with Crippen LogP contribution in [-0.2, 0) is 6.54 Å². The molecule has 1 amide bonds. The number of nitrogens with one attached hydrogen (secondary N) is 3. The summed E-state index contributed by atoms with van der Waals surface area (Å²) in [6.45, 7) is 6.71. The van der Waals surface area contributed by atoms with E-state index in [-0.39, 0.29) is 5.91 Å². The maximum atomic E-state index is 12.0. The fourth-order valence-electron chi connectivity index (χ4n) is 2.12. The van der Waals surface area contributed by atoms with Gasteiger partial charge in [0.25, 0.3) is 5.91 Å². The molecule has 2 aromatic rings. The van der Waals surface area contributed by atoms with Gasteiger partial charge in [-0.25, -0.2) is 4.99 Å². The van der Waals surface area contributed by atoms with Gasteiger partial charge in [-0.1, -0.05) is 15.9 Å². The molecule has 0 saturated carbocycles. The minimum absolute atomic E-state index is 0.0783. The molecule has 0 aliphatic carbocycles. The number of rotatable bonds is 7. The molecule has 1 aromatic heterocycles. The number of nitrogens with zero attached hydrogens (tertiary/aromatic N) is 1. The average Bonchev–Trinajstić information content (AvgIpc) is 3.02. The van der Waals surface area contributed by atoms with Crippen LogP contribution in [0.5, 0.6) is 0 Å². The quantitative estimate of drug-likeness (QED) is 0.364. The summed E-state index contributed by atoms with van der Waals surface area (Å²) in [5, 5.41) is 11.4. The van der Waals surface area contributed by atoms with Gasteiger partial charge >= 0.3 is 0 Å². The molecule has 0 saturated heterocycles. The maximum Gasteiger partial charge on any atom is 0.251 e. The molecule has 0 bridgehead atoms. The van der Waals surface area contributed by atoms with Crippen LogP contribution in [-0.4, -0.2) is 31.5 Å². The molecule has 7 heteroatoms. The highest BCUT2D eigenvalue weighted by molar-refractivity contribution is 9.10. The van der Waals surface area contributed by atoms with Crippen LogP contribution in [0.25, 0.3) is 0 Å². The highest BCUT2D eigenvalue weighted by atomic mass is 79.9. The number of amides is 1. The summed E-state index contributed by atoms with van der Waals surface area (Å²) in [6.07, 6.45) is 0. The SMILES string of the molecule is CCNC(=NCc1sccc1C)NCCNC(=O)c1ccc(Br)cc1. The van der Waals surface area contributed by atoms with E-state index in [9.17, 15) is 4.79 Å². The summed E-state index contributed by atoms with van der Waals surface area (Å²) in [5.74, 6) is 0.679. The highest BCUT2D eigenvalue weighted by Gasteiger charge is 2.05. The second-order valence-electron chi connectivity index (χ2n) is 5.41. The van der Waals surface area contributed by atoms with Crippen molar-refractivity contribution in [1.82, 2.24) is 16.0 Å². The maximum absolute atomic E-state index is 12.0. The van der Waals surface area contributed by atoms with Crippen molar-refractivity contribution in [2.75, 3.05) is 19.6 Å². The zero-order valence-corrected chi connectivity index (χ0v) is 16.8. The Labute approximate surface area is 161 Å². The van der Waals surface area contributed by atoms with E-state index >= 15 is 0 Å². The van der Waals surface area contributed by atoms with E-state index in [1.54, 1.807) is 23.5 Å². The van der Waals surface area contributed by atoms with E-state index in [2.05, 4.69) is 55.2 Å². The summed E-state index contributed by atoms with van der Waals surface area (Å²) >= 11 is 5.08. The Balaban J connectivity index is 1.78. The Hall–Kier alpha value is -1.86. The summed E-state index contributed by atoms with van der Waals surface area (Å²) in [4.78, 5) is 17.9. The third-order valence-electron chi connectivity index (χ3n) is 3.50. The molecular formula is C18H23BrN4OS. The first-order valence-electron chi connectivity index (χ1n) is 8.19. The zero-order valence-electron chi connectivity index (χ0n) is 14.4. The number of aryl methyl sites for hydroxylation is 1. The molecule has 1 aromatic carbocycles. The Kier molecular flexibility index (Phi) is 7.94. The van der Waals surface area contributed by atoms with Crippen LogP contribution < -0.4 is 16.0 Å². The van der Waals surface area contributed by atoms with Crippen molar-refractivity contribution in [3.8, 4) is 0 Å². The zero-order chi connectivity index (χ0) is 18.1. The molecule has 0 spiro atoms. The second-order valence-corrected chi connectivity index (χ2v) is 7.33. The summed E-state index contributed by atoms with van der Waals surface area (Å²) < 4.78 is 0.957. The smallest absolute Gasteiger partial charge is 0.251 e. The normalized spacial score (nSPS) is 11.2. The number of halogens is 1. The van der Waals surface area contributed by atoms with Gasteiger partial charge in [0.1, 0.15) is 0 Å². The number of hydrogen-bond donors (Lipinski definition) is 3. The van der Waals surface area contributed by atoms with Gasteiger partial charge in [0.15, 0.2) is 5.96 Å². The predicted molar refractivity (Wildman–Crippen MR) is 108 cm³/mol. The monoisotopic (exact) mass is 422 g/mol. The standard InChI is InChI=1S/C18H23BrN4OS/c1-3-20-18(23-12-16-13(2)8-11-25-16)22-10-9-21-17(24)14-4-6-15(19)7-5-14/h4-8,11H,3,9-10,12H2,1-2H3,(H,21,24)(H2,20,22,23). The van der Waals surface area contributed by atoms with Crippen LogP contribution in [0.1, 0.15) is 27.7 Å². The van der Waals surface area contributed by atoms with Crippen LogP contribution in [0.3, 0.4) is 0 Å². The first-order valence-corrected chi connectivity index (χ1v) is 9.86. The molecule has 0 aliphatic rings. The molecule has 134 valence electrons. The summed E-state index contributed by atoms with van der Waals surface area (Å²) in [5.41, 5.74) is 1.92. The van der Waals surface area contributed by atoms with Crippen molar-refractivity contribution in [3.05, 3.63) is 56.2 Å². The van der Waals surface area contributed by atoms with Gasteiger partial charge < -0.3 is 16.0 Å². The number of thiophene rings is 1. The minimum Gasteiger partial charge on any atom is -0.357 e. The molecule has 25 heavy (non-hydrogen) atoms. The van der Waals surface area contributed by atoms with Crippen molar-refractivity contribution in [2.24, 2.45) is 4.99 Å². The second kappa shape index (κ2) is 10.2. The van der Waals surface area contributed by atoms with Gasteiger partial charge in [-0.05, 0) is 55.1 Å². The number of carbonyl (C=O) groups is 1. The Morgan fingerprint density at radius 3 is 2.48 bits per heavy atom. The fraction of sp³-hybridized carbons (Fsp3) is 0.333. The summed E-state index contributed by atoms with van der Waals surface area (Å²) in [7, 11) is 0. The Bertz CT molecular complexity index is 712. The van der Waals surface area contributed by atoms with E-state index in [1.165, 1.54) is 10.4 Å². The Morgan fingerprint density at radius 1 is 1.12 bits per heavy atom. The molecule has 0 radical (unpaired) electrons. The molecule has 3 N–H and O–H groups in total. The van der Waals surface area contributed by atoms with Crippen LogP contribution in [0, 0.1) is 6.92 Å². The number of hydrogen-bond acceptors (Lipinski definition) is 3. The van der Waals surface area contributed by atoms with E-state index in [4.69, 9.17) is 0 Å². The van der Waals surface area contributed by atoms with Gasteiger partial charge in [0, 0.05) is 34.5 Å². The van der Waals surface area contributed by atoms with Gasteiger partial charge in [-0.15, -0.1) is 11.3 Å². The molecule has 2 rings (SSSR count). The van der Waals surface area contributed by atoms with Crippen LogP contribution >= 0.6 is 27.3 Å². The third kappa shape index (κ3) is 6.51. The molecule has 0 fully saturated rings. The molecule has 0 unspecified atom stereocenters. The largest absolute Gasteiger partial charge is 0.357 e. The van der Waals surface area contributed by atoms with Gasteiger partial charge in [-0.3, -0.25) is 4.79 Å². The lowest BCUT2D eigenvalue weighted by Crippen LogP contribution is -2.41. The lowest BCUT2D eigenvalue weighted by molar-refractivity contribution is 0.0954. The van der Waals surface area contributed by atoms with Crippen molar-refractivity contribution < 1.29 is 4.79 Å². The van der Waals surface area contributed by atoms with Crippen LogP contribution in [0.4, 0.5) is 0 Å². The Morgan fingerprint density at radius 2 is 1.84 bits per heavy atom. The van der Waals surface area contributed by atoms with Crippen molar-refractivity contribution >= 4 is 39.1 Å². The molecular weight excluding hydrogens is 400 g/mol. The van der Waals surface area contributed by atoms with Crippen LogP contribution in [0.2, 0.25) is 0 Å². The van der Waals surface area contributed by atoms with E-state index in [0.717, 1.165) is 17.0 Å². The molecule has 0 atom stereocenters. The van der Waals surface area contributed by atoms with Crippen molar-refractivity contribution in [3.63, 3.8) is 0 Å². The summed E-state index contributed by atoms with van der Waals surface area (Å²) in [6, 6.07) is 9.41. The number of carbonyl (C=O) groups excluding carboxylic acids is 1. The van der Waals surface area contributed by atoms with E-state index in [0.29, 0.717) is 25.2 Å². The van der Waals surface area contributed by atoms with E-state index < -0.39 is 0 Å². The predicted octanol–water partition coefficient (Wildman–Crippen LogP) is 3.30. The van der Waals surface area contributed by atoms with Crippen LogP contribution in [0.15, 0.2) is 45.2 Å². The number of guanidine groups is 1.